The normalized spacial score (nSPS) is 22.4. The third-order valence-electron chi connectivity index (χ3n) is 4.04. The minimum Gasteiger partial charge on any atom is -0.512 e. The smallest absolute Gasteiger partial charge is 0.425 e. The molecule has 1 aromatic carbocycles. The lowest BCUT2D eigenvalue weighted by atomic mass is 9.89. The van der Waals surface area contributed by atoms with Crippen LogP contribution in [0.4, 0.5) is 18.9 Å². The quantitative estimate of drug-likeness (QED) is 0.475. The molecular formula is C18H19F3N2O4. The summed E-state index contributed by atoms with van der Waals surface area (Å²) in [5.41, 5.74) is -4.96. The number of allylic oxidation sites excluding steroid dienone is 1. The number of alkyl halides is 3. The Morgan fingerprint density at radius 2 is 1.78 bits per heavy atom. The van der Waals surface area contributed by atoms with Gasteiger partial charge in [0.2, 0.25) is 5.91 Å². The molecule has 0 radical (unpaired) electrons. The van der Waals surface area contributed by atoms with Crippen LogP contribution in [0.5, 0.6) is 0 Å². The van der Waals surface area contributed by atoms with Crippen LogP contribution in [0.3, 0.4) is 0 Å². The van der Waals surface area contributed by atoms with Crippen LogP contribution < -0.4 is 10.2 Å². The number of aliphatic hydroxyl groups is 1. The lowest BCUT2D eigenvalue weighted by molar-refractivity contribution is -0.189. The van der Waals surface area contributed by atoms with Crippen LogP contribution in [0.25, 0.3) is 0 Å². The van der Waals surface area contributed by atoms with Crippen LogP contribution in [0.2, 0.25) is 0 Å². The average Bonchev–Trinajstić information content (AvgIpc) is 2.75. The molecule has 1 aliphatic heterocycles. The first kappa shape index (κ1) is 20.5. The molecule has 3 amide bonds. The molecular weight excluding hydrogens is 365 g/mol. The van der Waals surface area contributed by atoms with E-state index in [-0.39, 0.29) is 18.0 Å². The summed E-state index contributed by atoms with van der Waals surface area (Å²) in [6, 6.07) is 7.00. The number of carbonyl (C=O) groups excluding carboxylic acids is 3. The maximum Gasteiger partial charge on any atom is 0.425 e. The molecule has 6 nitrogen and oxygen atoms in total. The third kappa shape index (κ3) is 3.41. The first-order valence-electron chi connectivity index (χ1n) is 8.15. The predicted octanol–water partition coefficient (Wildman–Crippen LogP) is 2.86. The van der Waals surface area contributed by atoms with Gasteiger partial charge in [0.1, 0.15) is 5.76 Å². The first-order valence-corrected chi connectivity index (χ1v) is 8.15. The third-order valence-corrected chi connectivity index (χ3v) is 4.04. The van der Waals surface area contributed by atoms with Gasteiger partial charge in [0.15, 0.2) is 0 Å². The Kier molecular flexibility index (Phi) is 5.35. The number of nitrogens with zero attached hydrogens (tertiary/aromatic N) is 1. The molecule has 0 unspecified atom stereocenters. The van der Waals surface area contributed by atoms with E-state index in [9.17, 15) is 32.7 Å². The van der Waals surface area contributed by atoms with Crippen molar-refractivity contribution in [2.24, 2.45) is 5.92 Å². The Hall–Kier alpha value is -2.84. The van der Waals surface area contributed by atoms with Crippen molar-refractivity contribution in [2.45, 2.75) is 38.9 Å². The van der Waals surface area contributed by atoms with Gasteiger partial charge < -0.3 is 10.4 Å². The van der Waals surface area contributed by atoms with Gasteiger partial charge in [-0.1, -0.05) is 32.0 Å². The van der Waals surface area contributed by atoms with Crippen LogP contribution in [-0.4, -0.2) is 34.5 Å². The number of hydrogen-bond donors (Lipinski definition) is 2. The highest BCUT2D eigenvalue weighted by atomic mass is 19.4. The van der Waals surface area contributed by atoms with E-state index in [0.29, 0.717) is 4.90 Å². The highest BCUT2D eigenvalue weighted by Gasteiger charge is 2.72. The zero-order valence-corrected chi connectivity index (χ0v) is 14.9. The van der Waals surface area contributed by atoms with Crippen molar-refractivity contribution in [1.29, 1.82) is 0 Å². The number of amides is 3. The number of halogens is 3. The number of rotatable bonds is 4. The van der Waals surface area contributed by atoms with E-state index >= 15 is 0 Å². The first-order chi connectivity index (χ1) is 12.4. The molecule has 2 rings (SSSR count). The second-order valence-corrected chi connectivity index (χ2v) is 6.64. The van der Waals surface area contributed by atoms with E-state index in [1.54, 1.807) is 25.2 Å². The summed E-state index contributed by atoms with van der Waals surface area (Å²) in [6.45, 7) is 4.10. The minimum absolute atomic E-state index is 0.101. The van der Waals surface area contributed by atoms with Crippen molar-refractivity contribution < 1.29 is 32.7 Å². The summed E-state index contributed by atoms with van der Waals surface area (Å²) in [5.74, 6) is -5.36. The van der Waals surface area contributed by atoms with Gasteiger partial charge in [-0.25, -0.2) is 4.90 Å². The molecule has 1 fully saturated rings. The largest absolute Gasteiger partial charge is 0.512 e. The highest BCUT2D eigenvalue weighted by molar-refractivity contribution is 6.34. The fraction of sp³-hybridized carbons (Fsp3) is 0.389. The maximum atomic E-state index is 14.1. The number of imide groups is 1. The lowest BCUT2D eigenvalue weighted by Crippen LogP contribution is -2.64. The van der Waals surface area contributed by atoms with Crippen molar-refractivity contribution in [1.82, 2.24) is 5.32 Å². The standard InChI is InChI=1S/C18H19F3N2O4/c1-10(2)9-13(25)22-17(18(19,20)21)14(11(3)24)15(26)23(16(17)27)12-7-5-4-6-8-12/h4-8,10,24H,9H2,1-3H3,(H,22,25)/b14-11+/t17-/m0/s1. The van der Waals surface area contributed by atoms with E-state index < -0.39 is 40.8 Å². The molecule has 1 aliphatic rings. The Morgan fingerprint density at radius 3 is 2.22 bits per heavy atom. The van der Waals surface area contributed by atoms with Gasteiger partial charge in [0.25, 0.3) is 17.4 Å². The molecule has 2 N–H and O–H groups in total. The molecule has 9 heteroatoms. The summed E-state index contributed by atoms with van der Waals surface area (Å²) >= 11 is 0. The SMILES string of the molecule is C/C(O)=C1/C(=O)N(c2ccccc2)C(=O)[C@]1(NC(=O)CC(C)C)C(F)(F)F. The molecule has 0 bridgehead atoms. The van der Waals surface area contributed by atoms with E-state index in [2.05, 4.69) is 0 Å². The molecule has 0 saturated carbocycles. The van der Waals surface area contributed by atoms with E-state index in [1.165, 1.54) is 24.3 Å². The molecule has 1 heterocycles. The molecule has 0 aliphatic carbocycles. The van der Waals surface area contributed by atoms with Gasteiger partial charge in [-0.15, -0.1) is 0 Å². The molecule has 0 aromatic heterocycles. The Morgan fingerprint density at radius 1 is 1.22 bits per heavy atom. The van der Waals surface area contributed by atoms with Crippen LogP contribution in [0.1, 0.15) is 27.2 Å². The Labute approximate surface area is 153 Å². The average molecular weight is 384 g/mol. The van der Waals surface area contributed by atoms with Crippen molar-refractivity contribution >= 4 is 23.4 Å². The Bertz CT molecular complexity index is 799. The summed E-state index contributed by atoms with van der Waals surface area (Å²) in [4.78, 5) is 38.0. The van der Waals surface area contributed by atoms with Gasteiger partial charge in [0.05, 0.1) is 11.3 Å². The van der Waals surface area contributed by atoms with Gasteiger partial charge in [-0.05, 0) is 25.0 Å². The number of para-hydroxylation sites is 1. The van der Waals surface area contributed by atoms with E-state index in [1.807, 2.05) is 0 Å². The minimum atomic E-state index is -5.35. The summed E-state index contributed by atoms with van der Waals surface area (Å²) in [5, 5.41) is 11.5. The number of aliphatic hydroxyl groups excluding tert-OH is 1. The topological polar surface area (TPSA) is 86.7 Å². The number of benzene rings is 1. The molecule has 1 atom stereocenters. The number of carbonyl (C=O) groups is 3. The van der Waals surface area contributed by atoms with Crippen molar-refractivity contribution in [3.05, 3.63) is 41.7 Å². The number of anilines is 1. The van der Waals surface area contributed by atoms with Crippen LogP contribution in [0, 0.1) is 5.92 Å². The van der Waals surface area contributed by atoms with Crippen molar-refractivity contribution in [3.8, 4) is 0 Å². The van der Waals surface area contributed by atoms with E-state index in [0.717, 1.165) is 6.92 Å². The summed E-state index contributed by atoms with van der Waals surface area (Å²) in [6.07, 6.45) is -5.64. The van der Waals surface area contributed by atoms with Crippen molar-refractivity contribution in [2.75, 3.05) is 4.90 Å². The predicted molar refractivity (Wildman–Crippen MR) is 90.6 cm³/mol. The van der Waals surface area contributed by atoms with Crippen LogP contribution in [-0.2, 0) is 14.4 Å². The van der Waals surface area contributed by atoms with Gasteiger partial charge in [-0.2, -0.15) is 13.2 Å². The molecule has 1 saturated heterocycles. The number of nitrogens with one attached hydrogen (secondary N) is 1. The lowest BCUT2D eigenvalue weighted by Gasteiger charge is -2.31. The Balaban J connectivity index is 2.69. The van der Waals surface area contributed by atoms with Crippen LogP contribution in [0.15, 0.2) is 41.7 Å². The fourth-order valence-corrected chi connectivity index (χ4v) is 2.96. The highest BCUT2D eigenvalue weighted by Crippen LogP contribution is 2.45. The van der Waals surface area contributed by atoms with Gasteiger partial charge >= 0.3 is 6.18 Å². The molecule has 1 aromatic rings. The zero-order chi connectivity index (χ0) is 20.6. The zero-order valence-electron chi connectivity index (χ0n) is 14.9. The summed E-state index contributed by atoms with van der Waals surface area (Å²) in [7, 11) is 0. The van der Waals surface area contributed by atoms with Crippen molar-refractivity contribution in [3.63, 3.8) is 0 Å². The second-order valence-electron chi connectivity index (χ2n) is 6.64. The monoisotopic (exact) mass is 384 g/mol. The van der Waals surface area contributed by atoms with E-state index in [4.69, 9.17) is 0 Å². The second kappa shape index (κ2) is 7.05. The van der Waals surface area contributed by atoms with Crippen LogP contribution >= 0.6 is 0 Å². The fourth-order valence-electron chi connectivity index (χ4n) is 2.96. The summed E-state index contributed by atoms with van der Waals surface area (Å²) < 4.78 is 42.2. The molecule has 146 valence electrons. The maximum absolute atomic E-state index is 14.1. The van der Waals surface area contributed by atoms with Gasteiger partial charge in [-0.3, -0.25) is 14.4 Å². The number of hydrogen-bond acceptors (Lipinski definition) is 4. The molecule has 0 spiro atoms. The molecule has 27 heavy (non-hydrogen) atoms. The van der Waals surface area contributed by atoms with Gasteiger partial charge in [0, 0.05) is 6.42 Å².